The van der Waals surface area contributed by atoms with E-state index in [2.05, 4.69) is 20.8 Å². The average molecular weight is 338 g/mol. The molecule has 2 nitrogen and oxygen atoms in total. The van der Waals surface area contributed by atoms with Crippen molar-refractivity contribution in [3.63, 3.8) is 0 Å². The van der Waals surface area contributed by atoms with E-state index in [0.29, 0.717) is 18.7 Å². The average Bonchev–Trinajstić information content (AvgIpc) is 2.41. The zero-order chi connectivity index (χ0) is 14.5. The normalized spacial score (nSPS) is 10.8. The summed E-state index contributed by atoms with van der Waals surface area (Å²) in [4.78, 5) is 2.06. The minimum atomic E-state index is -0.166. The Bertz CT molecular complexity index is 588. The van der Waals surface area contributed by atoms with Gasteiger partial charge in [0, 0.05) is 28.7 Å². The van der Waals surface area contributed by atoms with Gasteiger partial charge in [0.1, 0.15) is 11.6 Å². The van der Waals surface area contributed by atoms with Crippen molar-refractivity contribution in [3.05, 3.63) is 63.9 Å². The number of rotatable bonds is 5. The molecule has 2 aromatic carbocycles. The van der Waals surface area contributed by atoms with Gasteiger partial charge in [0.2, 0.25) is 0 Å². The van der Waals surface area contributed by atoms with Crippen LogP contribution in [0, 0.1) is 5.82 Å². The Balaban J connectivity index is 2.10. The first-order valence-electron chi connectivity index (χ1n) is 6.34. The molecule has 2 rings (SSSR count). The molecule has 0 aliphatic rings. The van der Waals surface area contributed by atoms with Gasteiger partial charge in [-0.15, -0.1) is 0 Å². The highest BCUT2D eigenvalue weighted by Gasteiger charge is 2.09. The Labute approximate surface area is 127 Å². The molecule has 0 amide bonds. The summed E-state index contributed by atoms with van der Waals surface area (Å²) in [6.45, 7) is 1.25. The molecule has 0 atom stereocenters. The van der Waals surface area contributed by atoms with Crippen LogP contribution in [0.25, 0.3) is 0 Å². The molecular weight excluding hydrogens is 321 g/mol. The fourth-order valence-corrected chi connectivity index (χ4v) is 2.54. The van der Waals surface area contributed by atoms with Crippen LogP contribution in [0.5, 0.6) is 5.75 Å². The molecule has 0 aliphatic heterocycles. The van der Waals surface area contributed by atoms with Crippen LogP contribution in [0.1, 0.15) is 11.1 Å². The van der Waals surface area contributed by atoms with E-state index in [4.69, 9.17) is 4.74 Å². The molecule has 4 heteroatoms. The van der Waals surface area contributed by atoms with Gasteiger partial charge in [-0.25, -0.2) is 4.39 Å². The smallest absolute Gasteiger partial charge is 0.127 e. The summed E-state index contributed by atoms with van der Waals surface area (Å²) in [7, 11) is 3.62. The highest BCUT2D eigenvalue weighted by Crippen LogP contribution is 2.24. The maximum Gasteiger partial charge on any atom is 0.127 e. The van der Waals surface area contributed by atoms with E-state index in [1.165, 1.54) is 6.07 Å². The topological polar surface area (TPSA) is 12.5 Å². The van der Waals surface area contributed by atoms with Crippen molar-refractivity contribution in [1.29, 1.82) is 0 Å². The summed E-state index contributed by atoms with van der Waals surface area (Å²) >= 11 is 3.46. The van der Waals surface area contributed by atoms with E-state index in [9.17, 15) is 4.39 Å². The third-order valence-corrected chi connectivity index (χ3v) is 3.57. The SMILES string of the molecule is COc1ccc(Br)cc1CN(C)Cc1ccccc1F. The van der Waals surface area contributed by atoms with Crippen molar-refractivity contribution >= 4 is 15.9 Å². The lowest BCUT2D eigenvalue weighted by Gasteiger charge is -2.19. The van der Waals surface area contributed by atoms with E-state index in [-0.39, 0.29) is 5.82 Å². The molecule has 0 heterocycles. The monoisotopic (exact) mass is 337 g/mol. The molecule has 106 valence electrons. The predicted octanol–water partition coefficient (Wildman–Crippen LogP) is 4.23. The standard InChI is InChI=1S/C16H17BrFNO/c1-19(10-12-5-3-4-6-15(12)18)11-13-9-14(17)7-8-16(13)20-2/h3-9H,10-11H2,1-2H3. The van der Waals surface area contributed by atoms with E-state index in [1.807, 2.05) is 37.4 Å². The van der Waals surface area contributed by atoms with Crippen LogP contribution < -0.4 is 4.74 Å². The van der Waals surface area contributed by atoms with Gasteiger partial charge in [0.25, 0.3) is 0 Å². The molecular formula is C16H17BrFNO. The number of ether oxygens (including phenoxy) is 1. The molecule has 2 aromatic rings. The molecule has 0 N–H and O–H groups in total. The quantitative estimate of drug-likeness (QED) is 0.809. The number of hydrogen-bond acceptors (Lipinski definition) is 2. The lowest BCUT2D eigenvalue weighted by molar-refractivity contribution is 0.305. The van der Waals surface area contributed by atoms with E-state index in [0.717, 1.165) is 15.8 Å². The summed E-state index contributed by atoms with van der Waals surface area (Å²) in [5, 5.41) is 0. The van der Waals surface area contributed by atoms with Gasteiger partial charge in [-0.2, -0.15) is 0 Å². The van der Waals surface area contributed by atoms with Crippen molar-refractivity contribution in [3.8, 4) is 5.75 Å². The van der Waals surface area contributed by atoms with Gasteiger partial charge in [-0.05, 0) is 31.3 Å². The first-order chi connectivity index (χ1) is 9.60. The first-order valence-corrected chi connectivity index (χ1v) is 7.14. The summed E-state index contributed by atoms with van der Waals surface area (Å²) in [5.41, 5.74) is 1.77. The Morgan fingerprint density at radius 3 is 2.50 bits per heavy atom. The van der Waals surface area contributed by atoms with Gasteiger partial charge in [-0.1, -0.05) is 34.1 Å². The van der Waals surface area contributed by atoms with Crippen molar-refractivity contribution in [2.75, 3.05) is 14.2 Å². The molecule has 0 spiro atoms. The first kappa shape index (κ1) is 15.0. The van der Waals surface area contributed by atoms with E-state index >= 15 is 0 Å². The van der Waals surface area contributed by atoms with Crippen LogP contribution in [0.2, 0.25) is 0 Å². The highest BCUT2D eigenvalue weighted by molar-refractivity contribution is 9.10. The molecule has 0 bridgehead atoms. The Morgan fingerprint density at radius 1 is 1.10 bits per heavy atom. The second-order valence-electron chi connectivity index (χ2n) is 4.72. The van der Waals surface area contributed by atoms with Gasteiger partial charge in [0.05, 0.1) is 7.11 Å². The lowest BCUT2D eigenvalue weighted by atomic mass is 10.1. The summed E-state index contributed by atoms with van der Waals surface area (Å²) < 4.78 is 20.0. The van der Waals surface area contributed by atoms with Crippen LogP contribution in [-0.4, -0.2) is 19.1 Å². The number of methoxy groups -OCH3 is 1. The van der Waals surface area contributed by atoms with Crippen LogP contribution in [-0.2, 0) is 13.1 Å². The van der Waals surface area contributed by atoms with Crippen LogP contribution in [0.4, 0.5) is 4.39 Å². The van der Waals surface area contributed by atoms with Crippen LogP contribution in [0.15, 0.2) is 46.9 Å². The number of nitrogens with zero attached hydrogens (tertiary/aromatic N) is 1. The van der Waals surface area contributed by atoms with Gasteiger partial charge in [0.15, 0.2) is 0 Å². The molecule has 0 aromatic heterocycles. The molecule has 0 aliphatic carbocycles. The fourth-order valence-electron chi connectivity index (χ4n) is 2.13. The van der Waals surface area contributed by atoms with E-state index in [1.54, 1.807) is 13.2 Å². The molecule has 0 unspecified atom stereocenters. The molecule has 0 saturated carbocycles. The van der Waals surface area contributed by atoms with E-state index < -0.39 is 0 Å². The minimum Gasteiger partial charge on any atom is -0.496 e. The maximum absolute atomic E-state index is 13.6. The highest BCUT2D eigenvalue weighted by atomic mass is 79.9. The lowest BCUT2D eigenvalue weighted by Crippen LogP contribution is -2.18. The number of hydrogen-bond donors (Lipinski definition) is 0. The van der Waals surface area contributed by atoms with Crippen molar-refractivity contribution in [2.45, 2.75) is 13.1 Å². The Kier molecular flexibility index (Phi) is 5.15. The van der Waals surface area contributed by atoms with Crippen molar-refractivity contribution in [2.24, 2.45) is 0 Å². The molecule has 0 saturated heterocycles. The van der Waals surface area contributed by atoms with Crippen molar-refractivity contribution < 1.29 is 9.13 Å². The molecule has 0 fully saturated rings. The van der Waals surface area contributed by atoms with Crippen molar-refractivity contribution in [1.82, 2.24) is 4.90 Å². The summed E-state index contributed by atoms with van der Waals surface area (Å²) in [6.07, 6.45) is 0. The maximum atomic E-state index is 13.6. The summed E-state index contributed by atoms with van der Waals surface area (Å²) in [5.74, 6) is 0.675. The Hall–Kier alpha value is -1.39. The summed E-state index contributed by atoms with van der Waals surface area (Å²) in [6, 6.07) is 12.8. The second-order valence-corrected chi connectivity index (χ2v) is 5.64. The van der Waals surface area contributed by atoms with Crippen LogP contribution >= 0.6 is 15.9 Å². The van der Waals surface area contributed by atoms with Gasteiger partial charge >= 0.3 is 0 Å². The number of halogens is 2. The fraction of sp³-hybridized carbons (Fsp3) is 0.250. The van der Waals surface area contributed by atoms with Gasteiger partial charge < -0.3 is 4.74 Å². The zero-order valence-electron chi connectivity index (χ0n) is 11.6. The molecule has 0 radical (unpaired) electrons. The zero-order valence-corrected chi connectivity index (χ0v) is 13.2. The molecule has 20 heavy (non-hydrogen) atoms. The minimum absolute atomic E-state index is 0.166. The van der Waals surface area contributed by atoms with Crippen LogP contribution in [0.3, 0.4) is 0 Å². The Morgan fingerprint density at radius 2 is 1.80 bits per heavy atom. The third kappa shape index (κ3) is 3.81. The predicted molar refractivity (Wildman–Crippen MR) is 82.3 cm³/mol. The third-order valence-electron chi connectivity index (χ3n) is 3.08. The van der Waals surface area contributed by atoms with Gasteiger partial charge in [-0.3, -0.25) is 4.90 Å². The number of benzene rings is 2. The largest absolute Gasteiger partial charge is 0.496 e. The second kappa shape index (κ2) is 6.86.